The fourth-order valence-electron chi connectivity index (χ4n) is 2.35. The van der Waals surface area contributed by atoms with E-state index in [4.69, 9.17) is 5.73 Å². The predicted molar refractivity (Wildman–Crippen MR) is 70.7 cm³/mol. The molecule has 0 aromatic rings. The van der Waals surface area contributed by atoms with Crippen molar-refractivity contribution in [1.82, 2.24) is 9.80 Å². The van der Waals surface area contributed by atoms with Crippen LogP contribution in [0.4, 0.5) is 0 Å². The minimum atomic E-state index is -0.443. The van der Waals surface area contributed by atoms with Crippen molar-refractivity contribution < 1.29 is 4.79 Å². The van der Waals surface area contributed by atoms with Gasteiger partial charge in [0.1, 0.15) is 0 Å². The van der Waals surface area contributed by atoms with E-state index < -0.39 is 5.41 Å². The summed E-state index contributed by atoms with van der Waals surface area (Å²) in [6, 6.07) is 0.907. The first-order chi connectivity index (χ1) is 7.79. The van der Waals surface area contributed by atoms with E-state index in [9.17, 15) is 4.79 Å². The van der Waals surface area contributed by atoms with Crippen LogP contribution < -0.4 is 5.73 Å². The average Bonchev–Trinajstić information content (AvgIpc) is 2.30. The van der Waals surface area contributed by atoms with Crippen LogP contribution in [0.25, 0.3) is 0 Å². The molecule has 1 aliphatic heterocycles. The number of hydrogen-bond acceptors (Lipinski definition) is 3. The molecule has 2 atom stereocenters. The lowest BCUT2D eigenvalue weighted by Gasteiger charge is -2.41. The Labute approximate surface area is 105 Å². The molecule has 0 aromatic carbocycles. The van der Waals surface area contributed by atoms with Gasteiger partial charge in [0.25, 0.3) is 0 Å². The van der Waals surface area contributed by atoms with Crippen molar-refractivity contribution in [3.8, 4) is 0 Å². The molecular weight excluding hydrogens is 214 g/mol. The number of amides is 1. The highest BCUT2D eigenvalue weighted by molar-refractivity contribution is 5.82. The number of carbonyl (C=O) groups is 1. The van der Waals surface area contributed by atoms with Crippen LogP contribution in [0.2, 0.25) is 0 Å². The normalized spacial score (nSPS) is 26.9. The van der Waals surface area contributed by atoms with E-state index in [1.165, 1.54) is 0 Å². The van der Waals surface area contributed by atoms with Crippen molar-refractivity contribution in [1.29, 1.82) is 0 Å². The summed E-state index contributed by atoms with van der Waals surface area (Å²) in [7, 11) is 4.06. The molecule has 0 saturated carbocycles. The van der Waals surface area contributed by atoms with Gasteiger partial charge in [-0.1, -0.05) is 0 Å². The number of hydrogen-bond donors (Lipinski definition) is 1. The van der Waals surface area contributed by atoms with E-state index in [0.29, 0.717) is 18.6 Å². The Hall–Kier alpha value is -0.610. The van der Waals surface area contributed by atoms with Crippen LogP contribution in [-0.2, 0) is 4.79 Å². The average molecular weight is 241 g/mol. The Morgan fingerprint density at radius 2 is 2.12 bits per heavy atom. The molecule has 1 heterocycles. The lowest BCUT2D eigenvalue weighted by atomic mass is 9.89. The largest absolute Gasteiger partial charge is 0.342 e. The summed E-state index contributed by atoms with van der Waals surface area (Å²) in [5, 5.41) is 0. The number of nitrogens with two attached hydrogens (primary N) is 1. The molecule has 0 aromatic heterocycles. The Balaban J connectivity index is 2.65. The van der Waals surface area contributed by atoms with Crippen LogP contribution in [0.15, 0.2) is 0 Å². The molecule has 0 aliphatic carbocycles. The summed E-state index contributed by atoms with van der Waals surface area (Å²) in [4.78, 5) is 16.6. The molecule has 4 nitrogen and oxygen atoms in total. The maximum Gasteiger partial charge on any atom is 0.229 e. The highest BCUT2D eigenvalue weighted by Crippen LogP contribution is 2.24. The predicted octanol–water partition coefficient (Wildman–Crippen LogP) is 0.912. The van der Waals surface area contributed by atoms with E-state index in [-0.39, 0.29) is 5.91 Å². The third-order valence-corrected chi connectivity index (χ3v) is 4.14. The highest BCUT2D eigenvalue weighted by atomic mass is 16.2. The van der Waals surface area contributed by atoms with Gasteiger partial charge in [0.05, 0.1) is 5.41 Å². The summed E-state index contributed by atoms with van der Waals surface area (Å²) >= 11 is 0. The fraction of sp³-hybridized carbons (Fsp3) is 0.923. The molecule has 0 unspecified atom stereocenters. The first-order valence-electron chi connectivity index (χ1n) is 6.47. The molecule has 1 rings (SSSR count). The molecule has 1 aliphatic rings. The summed E-state index contributed by atoms with van der Waals surface area (Å²) in [5.41, 5.74) is 5.23. The molecule has 0 radical (unpaired) electrons. The lowest BCUT2D eigenvalue weighted by molar-refractivity contribution is -0.141. The third-order valence-electron chi connectivity index (χ3n) is 4.14. The van der Waals surface area contributed by atoms with Crippen LogP contribution in [-0.4, -0.2) is 55.0 Å². The van der Waals surface area contributed by atoms with Gasteiger partial charge in [-0.2, -0.15) is 0 Å². The molecular formula is C13H27N3O. The van der Waals surface area contributed by atoms with Crippen LogP contribution >= 0.6 is 0 Å². The maximum absolute atomic E-state index is 12.3. The van der Waals surface area contributed by atoms with Crippen LogP contribution in [0.3, 0.4) is 0 Å². The number of nitrogens with zero attached hydrogens (tertiary/aromatic N) is 2. The van der Waals surface area contributed by atoms with Crippen molar-refractivity contribution in [2.45, 2.75) is 45.7 Å². The molecule has 1 saturated heterocycles. The number of rotatable bonds is 3. The Morgan fingerprint density at radius 1 is 1.53 bits per heavy atom. The molecule has 0 bridgehead atoms. The number of carbonyl (C=O) groups excluding carboxylic acids is 1. The van der Waals surface area contributed by atoms with Crippen molar-refractivity contribution in [2.75, 3.05) is 27.2 Å². The smallest absolute Gasteiger partial charge is 0.229 e. The second-order valence-electron chi connectivity index (χ2n) is 6.01. The van der Waals surface area contributed by atoms with Gasteiger partial charge in [-0.05, 0) is 40.7 Å². The first-order valence-corrected chi connectivity index (χ1v) is 6.47. The van der Waals surface area contributed by atoms with Gasteiger partial charge in [-0.15, -0.1) is 0 Å². The zero-order chi connectivity index (χ0) is 13.2. The number of piperidine rings is 1. The van der Waals surface area contributed by atoms with Crippen molar-refractivity contribution in [2.24, 2.45) is 11.1 Å². The second kappa shape index (κ2) is 5.36. The Morgan fingerprint density at radius 3 is 2.59 bits per heavy atom. The van der Waals surface area contributed by atoms with Gasteiger partial charge >= 0.3 is 0 Å². The van der Waals surface area contributed by atoms with Crippen LogP contribution in [0.5, 0.6) is 0 Å². The van der Waals surface area contributed by atoms with E-state index >= 15 is 0 Å². The van der Waals surface area contributed by atoms with Crippen molar-refractivity contribution in [3.63, 3.8) is 0 Å². The molecule has 4 heteroatoms. The lowest BCUT2D eigenvalue weighted by Crippen LogP contribution is -2.52. The van der Waals surface area contributed by atoms with E-state index in [0.717, 1.165) is 19.4 Å². The SMILES string of the molecule is C[C@H]1C[C@H](N(C)C(=O)C(C)(C)CN)CCN1C. The molecule has 100 valence electrons. The summed E-state index contributed by atoms with van der Waals surface area (Å²) < 4.78 is 0. The van der Waals surface area contributed by atoms with Gasteiger partial charge in [0.2, 0.25) is 5.91 Å². The molecule has 2 N–H and O–H groups in total. The summed E-state index contributed by atoms with van der Waals surface area (Å²) in [6.07, 6.45) is 2.11. The van der Waals surface area contributed by atoms with E-state index in [1.807, 2.05) is 25.8 Å². The van der Waals surface area contributed by atoms with Gasteiger partial charge in [0.15, 0.2) is 0 Å². The zero-order valence-electron chi connectivity index (χ0n) is 11.9. The van der Waals surface area contributed by atoms with Gasteiger partial charge in [-0.25, -0.2) is 0 Å². The zero-order valence-corrected chi connectivity index (χ0v) is 11.9. The summed E-state index contributed by atoms with van der Waals surface area (Å²) in [6.45, 7) is 7.53. The van der Waals surface area contributed by atoms with Crippen molar-refractivity contribution >= 4 is 5.91 Å². The molecule has 0 spiro atoms. The van der Waals surface area contributed by atoms with Crippen LogP contribution in [0.1, 0.15) is 33.6 Å². The molecule has 17 heavy (non-hydrogen) atoms. The van der Waals surface area contributed by atoms with Gasteiger partial charge < -0.3 is 15.5 Å². The molecule has 1 amide bonds. The number of likely N-dealkylation sites (tertiary alicyclic amines) is 1. The maximum atomic E-state index is 12.3. The third kappa shape index (κ3) is 3.19. The van der Waals surface area contributed by atoms with Crippen molar-refractivity contribution in [3.05, 3.63) is 0 Å². The Kier molecular flexibility index (Phi) is 4.55. The van der Waals surface area contributed by atoms with Crippen LogP contribution in [0, 0.1) is 5.41 Å². The standard InChI is InChI=1S/C13H27N3O/c1-10-8-11(6-7-15(10)4)16(5)12(17)13(2,3)9-14/h10-11H,6-9,14H2,1-5H3/t10-,11+/m0/s1. The van der Waals surface area contributed by atoms with E-state index in [1.54, 1.807) is 0 Å². The van der Waals surface area contributed by atoms with E-state index in [2.05, 4.69) is 18.9 Å². The monoisotopic (exact) mass is 241 g/mol. The summed E-state index contributed by atoms with van der Waals surface area (Å²) in [5.74, 6) is 0.168. The first kappa shape index (κ1) is 14.5. The van der Waals surface area contributed by atoms with Gasteiger partial charge in [-0.3, -0.25) is 4.79 Å². The fourth-order valence-corrected chi connectivity index (χ4v) is 2.35. The second-order valence-corrected chi connectivity index (χ2v) is 6.01. The quantitative estimate of drug-likeness (QED) is 0.799. The topological polar surface area (TPSA) is 49.6 Å². The molecule has 1 fully saturated rings. The minimum Gasteiger partial charge on any atom is -0.342 e. The Bertz CT molecular complexity index is 278. The van der Waals surface area contributed by atoms with Gasteiger partial charge in [0, 0.05) is 32.2 Å². The minimum absolute atomic E-state index is 0.168. The highest BCUT2D eigenvalue weighted by Gasteiger charge is 2.34.